The summed E-state index contributed by atoms with van der Waals surface area (Å²) in [6, 6.07) is 4.81. The molecule has 0 radical (unpaired) electrons. The number of likely N-dealkylation sites (N-methyl/N-ethyl adjacent to an activating group) is 1. The second-order valence-electron chi connectivity index (χ2n) is 6.30. The number of nitrogens with zero attached hydrogens (tertiary/aromatic N) is 2. The number of rotatable bonds is 3. The van der Waals surface area contributed by atoms with Crippen LogP contribution in [0.25, 0.3) is 0 Å². The summed E-state index contributed by atoms with van der Waals surface area (Å²) < 4.78 is 0. The Morgan fingerprint density at radius 2 is 1.74 bits per heavy atom. The molecule has 1 fully saturated rings. The van der Waals surface area contributed by atoms with E-state index in [2.05, 4.69) is 10.2 Å². The van der Waals surface area contributed by atoms with Crippen LogP contribution in [0.3, 0.4) is 0 Å². The first-order valence-electron chi connectivity index (χ1n) is 7.46. The SMILES string of the molecule is CN1CCN(C(=O)C(C)(C)C(=O)Nc2ccc(Cl)cc2Cl)CC1. The van der Waals surface area contributed by atoms with Crippen molar-refractivity contribution < 1.29 is 9.59 Å². The van der Waals surface area contributed by atoms with Gasteiger partial charge in [0.05, 0.1) is 10.7 Å². The molecule has 1 aromatic rings. The zero-order valence-electron chi connectivity index (χ0n) is 13.5. The van der Waals surface area contributed by atoms with Gasteiger partial charge in [-0.25, -0.2) is 0 Å². The average Bonchev–Trinajstić information content (AvgIpc) is 2.50. The lowest BCUT2D eigenvalue weighted by Gasteiger charge is -2.36. The Morgan fingerprint density at radius 3 is 2.30 bits per heavy atom. The minimum atomic E-state index is -1.17. The lowest BCUT2D eigenvalue weighted by Crippen LogP contribution is -2.53. The number of hydrogen-bond donors (Lipinski definition) is 1. The van der Waals surface area contributed by atoms with Crippen molar-refractivity contribution in [2.24, 2.45) is 5.41 Å². The smallest absolute Gasteiger partial charge is 0.239 e. The number of piperazine rings is 1. The van der Waals surface area contributed by atoms with Gasteiger partial charge in [0.25, 0.3) is 0 Å². The minimum Gasteiger partial charge on any atom is -0.339 e. The third kappa shape index (κ3) is 4.16. The van der Waals surface area contributed by atoms with Crippen LogP contribution in [0.4, 0.5) is 5.69 Å². The van der Waals surface area contributed by atoms with Gasteiger partial charge in [-0.05, 0) is 39.1 Å². The van der Waals surface area contributed by atoms with E-state index >= 15 is 0 Å². The van der Waals surface area contributed by atoms with Crippen molar-refractivity contribution in [3.63, 3.8) is 0 Å². The number of halogens is 2. The number of nitrogens with one attached hydrogen (secondary N) is 1. The van der Waals surface area contributed by atoms with Crippen LogP contribution in [-0.2, 0) is 9.59 Å². The second kappa shape index (κ2) is 7.07. The molecule has 0 saturated carbocycles. The summed E-state index contributed by atoms with van der Waals surface area (Å²) >= 11 is 11.9. The van der Waals surface area contributed by atoms with E-state index in [4.69, 9.17) is 23.2 Å². The number of hydrogen-bond acceptors (Lipinski definition) is 3. The highest BCUT2D eigenvalue weighted by molar-refractivity contribution is 6.36. The lowest BCUT2D eigenvalue weighted by molar-refractivity contribution is -0.147. The molecule has 0 spiro atoms. The van der Waals surface area contributed by atoms with E-state index in [1.54, 1.807) is 36.9 Å². The number of carbonyl (C=O) groups excluding carboxylic acids is 2. The molecule has 0 bridgehead atoms. The highest BCUT2D eigenvalue weighted by Crippen LogP contribution is 2.28. The predicted octanol–water partition coefficient (Wildman–Crippen LogP) is 2.73. The van der Waals surface area contributed by atoms with Crippen LogP contribution in [0.1, 0.15) is 13.8 Å². The van der Waals surface area contributed by atoms with Gasteiger partial charge < -0.3 is 15.1 Å². The van der Waals surface area contributed by atoms with Crippen molar-refractivity contribution in [2.45, 2.75) is 13.8 Å². The first-order chi connectivity index (χ1) is 10.7. The van der Waals surface area contributed by atoms with Crippen molar-refractivity contribution in [2.75, 3.05) is 38.5 Å². The minimum absolute atomic E-state index is 0.173. The van der Waals surface area contributed by atoms with E-state index in [1.807, 2.05) is 7.05 Å². The number of anilines is 1. The van der Waals surface area contributed by atoms with Gasteiger partial charge in [0.1, 0.15) is 5.41 Å². The molecule has 0 atom stereocenters. The molecule has 1 aliphatic rings. The fourth-order valence-electron chi connectivity index (χ4n) is 2.37. The van der Waals surface area contributed by atoms with Gasteiger partial charge in [0, 0.05) is 31.2 Å². The Labute approximate surface area is 146 Å². The van der Waals surface area contributed by atoms with Gasteiger partial charge in [-0.15, -0.1) is 0 Å². The molecule has 2 amide bonds. The molecule has 126 valence electrons. The third-order valence-electron chi connectivity index (χ3n) is 4.07. The Balaban J connectivity index is 2.08. The van der Waals surface area contributed by atoms with Gasteiger partial charge in [0.15, 0.2) is 0 Å². The molecule has 1 aromatic carbocycles. The van der Waals surface area contributed by atoms with Gasteiger partial charge in [-0.3, -0.25) is 9.59 Å². The summed E-state index contributed by atoms with van der Waals surface area (Å²) in [6.07, 6.45) is 0. The number of amides is 2. The van der Waals surface area contributed by atoms with Crippen molar-refractivity contribution in [3.05, 3.63) is 28.2 Å². The van der Waals surface area contributed by atoms with Crippen LogP contribution >= 0.6 is 23.2 Å². The molecule has 23 heavy (non-hydrogen) atoms. The topological polar surface area (TPSA) is 52.7 Å². The average molecular weight is 358 g/mol. The summed E-state index contributed by atoms with van der Waals surface area (Å²) in [6.45, 7) is 6.15. The molecule has 1 aliphatic heterocycles. The Kier molecular flexibility index (Phi) is 5.55. The number of benzene rings is 1. The van der Waals surface area contributed by atoms with Crippen molar-refractivity contribution >= 4 is 40.7 Å². The molecule has 0 aromatic heterocycles. The highest BCUT2D eigenvalue weighted by atomic mass is 35.5. The molecule has 1 N–H and O–H groups in total. The molecular weight excluding hydrogens is 337 g/mol. The molecule has 2 rings (SSSR count). The quantitative estimate of drug-likeness (QED) is 0.846. The maximum Gasteiger partial charge on any atom is 0.239 e. The monoisotopic (exact) mass is 357 g/mol. The standard InChI is InChI=1S/C16H21Cl2N3O2/c1-16(2,15(23)21-8-6-20(3)7-9-21)14(22)19-13-5-4-11(17)10-12(13)18/h4-5,10H,6-9H2,1-3H3,(H,19,22). The molecular formula is C16H21Cl2N3O2. The fourth-order valence-corrected chi connectivity index (χ4v) is 2.83. The van der Waals surface area contributed by atoms with Crippen LogP contribution in [0.2, 0.25) is 10.0 Å². The highest BCUT2D eigenvalue weighted by Gasteiger charge is 2.40. The van der Waals surface area contributed by atoms with Crippen LogP contribution < -0.4 is 5.32 Å². The van der Waals surface area contributed by atoms with Crippen molar-refractivity contribution in [3.8, 4) is 0 Å². The number of carbonyl (C=O) groups is 2. The normalized spacial score (nSPS) is 16.3. The van der Waals surface area contributed by atoms with E-state index in [1.165, 1.54) is 0 Å². The first-order valence-corrected chi connectivity index (χ1v) is 8.22. The van der Waals surface area contributed by atoms with Crippen LogP contribution in [0.5, 0.6) is 0 Å². The van der Waals surface area contributed by atoms with Crippen molar-refractivity contribution in [1.82, 2.24) is 9.80 Å². The summed E-state index contributed by atoms with van der Waals surface area (Å²) in [5, 5.41) is 3.55. The van der Waals surface area contributed by atoms with Gasteiger partial charge in [-0.2, -0.15) is 0 Å². The summed E-state index contributed by atoms with van der Waals surface area (Å²) in [4.78, 5) is 29.1. The summed E-state index contributed by atoms with van der Waals surface area (Å²) in [5.74, 6) is -0.557. The second-order valence-corrected chi connectivity index (χ2v) is 7.14. The van der Waals surface area contributed by atoms with Gasteiger partial charge >= 0.3 is 0 Å². The predicted molar refractivity (Wildman–Crippen MR) is 92.9 cm³/mol. The molecule has 7 heteroatoms. The van der Waals surface area contributed by atoms with E-state index in [0.717, 1.165) is 13.1 Å². The van der Waals surface area contributed by atoms with Crippen LogP contribution in [0.15, 0.2) is 18.2 Å². The molecule has 1 heterocycles. The summed E-state index contributed by atoms with van der Waals surface area (Å²) in [5.41, 5.74) is -0.723. The lowest BCUT2D eigenvalue weighted by atomic mass is 9.89. The Bertz CT molecular complexity index is 611. The Morgan fingerprint density at radius 1 is 1.13 bits per heavy atom. The maximum absolute atomic E-state index is 12.7. The van der Waals surface area contributed by atoms with E-state index in [0.29, 0.717) is 28.8 Å². The molecule has 0 aliphatic carbocycles. The van der Waals surface area contributed by atoms with Crippen molar-refractivity contribution in [1.29, 1.82) is 0 Å². The Hall–Kier alpha value is -1.30. The fraction of sp³-hybridized carbons (Fsp3) is 0.500. The first kappa shape index (κ1) is 18.0. The zero-order chi connectivity index (χ0) is 17.2. The van der Waals surface area contributed by atoms with E-state index in [9.17, 15) is 9.59 Å². The zero-order valence-corrected chi connectivity index (χ0v) is 15.0. The largest absolute Gasteiger partial charge is 0.339 e. The summed E-state index contributed by atoms with van der Waals surface area (Å²) in [7, 11) is 2.02. The van der Waals surface area contributed by atoms with E-state index < -0.39 is 5.41 Å². The van der Waals surface area contributed by atoms with Crippen LogP contribution in [0, 0.1) is 5.41 Å². The molecule has 0 unspecified atom stereocenters. The molecule has 1 saturated heterocycles. The van der Waals surface area contributed by atoms with Gasteiger partial charge in [0.2, 0.25) is 11.8 Å². The third-order valence-corrected chi connectivity index (χ3v) is 4.62. The van der Waals surface area contributed by atoms with Gasteiger partial charge in [-0.1, -0.05) is 23.2 Å². The maximum atomic E-state index is 12.7. The molecule has 5 nitrogen and oxygen atoms in total. The van der Waals surface area contributed by atoms with E-state index in [-0.39, 0.29) is 11.8 Å². The van der Waals surface area contributed by atoms with Crippen LogP contribution in [-0.4, -0.2) is 54.8 Å².